The number of methoxy groups -OCH3 is 1. The number of allylic oxidation sites excluding steroid dienone is 1. The summed E-state index contributed by atoms with van der Waals surface area (Å²) in [6.07, 6.45) is 2.04. The van der Waals surface area contributed by atoms with Crippen LogP contribution in [-0.2, 0) is 9.53 Å². The highest BCUT2D eigenvalue weighted by molar-refractivity contribution is 7.80. The van der Waals surface area contributed by atoms with Gasteiger partial charge in [0.25, 0.3) is 0 Å². The predicted octanol–water partition coefficient (Wildman–Crippen LogP) is 2.83. The van der Waals surface area contributed by atoms with E-state index in [0.29, 0.717) is 23.0 Å². The number of carbonyl (C=O) groups is 1. The molecule has 0 aromatic heterocycles. The van der Waals surface area contributed by atoms with Gasteiger partial charge in [0, 0.05) is 11.3 Å². The molecule has 23 heavy (non-hydrogen) atoms. The van der Waals surface area contributed by atoms with Crippen molar-refractivity contribution >= 4 is 23.3 Å². The second-order valence-electron chi connectivity index (χ2n) is 5.30. The number of hydrogen-bond acceptors (Lipinski definition) is 4. The monoisotopic (exact) mass is 334 g/mol. The number of rotatable bonds is 6. The lowest BCUT2D eigenvalue weighted by Gasteiger charge is -2.30. The van der Waals surface area contributed by atoms with Crippen LogP contribution in [0.5, 0.6) is 5.75 Å². The van der Waals surface area contributed by atoms with Gasteiger partial charge in [-0.1, -0.05) is 31.5 Å². The van der Waals surface area contributed by atoms with Crippen LogP contribution in [-0.4, -0.2) is 24.8 Å². The molecule has 2 N–H and O–H groups in total. The summed E-state index contributed by atoms with van der Waals surface area (Å²) < 4.78 is 10.8. The topological polar surface area (TPSA) is 59.6 Å². The van der Waals surface area contributed by atoms with Crippen molar-refractivity contribution in [2.24, 2.45) is 0 Å². The van der Waals surface area contributed by atoms with Crippen LogP contribution in [0, 0.1) is 0 Å². The summed E-state index contributed by atoms with van der Waals surface area (Å²) in [6, 6.07) is 7.27. The second kappa shape index (κ2) is 7.97. The number of hydrogen-bond donors (Lipinski definition) is 2. The summed E-state index contributed by atoms with van der Waals surface area (Å²) in [5.41, 5.74) is 2.06. The third-order valence-corrected chi connectivity index (χ3v) is 3.88. The fraction of sp³-hybridized carbons (Fsp3) is 0.412. The number of nitrogens with one attached hydrogen (secondary N) is 2. The van der Waals surface area contributed by atoms with Gasteiger partial charge in [-0.05, 0) is 31.6 Å². The smallest absolute Gasteiger partial charge is 0.337 e. The van der Waals surface area contributed by atoms with Crippen molar-refractivity contribution in [1.82, 2.24) is 10.6 Å². The highest BCUT2D eigenvalue weighted by atomic mass is 32.1. The number of para-hydroxylation sites is 1. The molecule has 0 saturated heterocycles. The lowest BCUT2D eigenvalue weighted by molar-refractivity contribution is -0.136. The first kappa shape index (κ1) is 17.3. The van der Waals surface area contributed by atoms with Crippen molar-refractivity contribution < 1.29 is 14.3 Å². The zero-order chi connectivity index (χ0) is 16.8. The van der Waals surface area contributed by atoms with Crippen molar-refractivity contribution in [1.29, 1.82) is 0 Å². The normalized spacial score (nSPS) is 17.3. The van der Waals surface area contributed by atoms with Gasteiger partial charge in [0.05, 0.1) is 25.3 Å². The Labute approximate surface area is 142 Å². The maximum Gasteiger partial charge on any atom is 0.337 e. The number of ether oxygens (including phenoxy) is 2. The van der Waals surface area contributed by atoms with E-state index in [1.54, 1.807) is 0 Å². The number of unbranched alkanes of at least 4 members (excludes halogenated alkanes) is 1. The molecule has 124 valence electrons. The largest absolute Gasteiger partial charge is 0.493 e. The fourth-order valence-electron chi connectivity index (χ4n) is 2.48. The molecule has 1 aromatic carbocycles. The number of carbonyl (C=O) groups excluding carboxylic acids is 1. The van der Waals surface area contributed by atoms with Crippen molar-refractivity contribution in [3.8, 4) is 5.75 Å². The standard InChI is InChI=1S/C17H22N2O3S/c1-4-5-10-22-13-9-7-6-8-12(13)15-14(16(20)21-3)11(2)18-17(23)19-15/h6-9,15H,4-5,10H2,1-3H3,(H2,18,19,23)/t15-/m1/s1. The lowest BCUT2D eigenvalue weighted by Crippen LogP contribution is -2.45. The maximum absolute atomic E-state index is 12.2. The molecular weight excluding hydrogens is 312 g/mol. The maximum atomic E-state index is 12.2. The van der Waals surface area contributed by atoms with Crippen molar-refractivity contribution in [3.63, 3.8) is 0 Å². The Morgan fingerprint density at radius 1 is 1.35 bits per heavy atom. The Kier molecular flexibility index (Phi) is 5.98. The summed E-state index contributed by atoms with van der Waals surface area (Å²) in [5, 5.41) is 6.59. The average molecular weight is 334 g/mol. The molecule has 0 saturated carbocycles. The molecule has 0 amide bonds. The Balaban J connectivity index is 2.40. The van der Waals surface area contributed by atoms with E-state index in [1.807, 2.05) is 31.2 Å². The fourth-order valence-corrected chi connectivity index (χ4v) is 2.76. The number of esters is 1. The first-order chi connectivity index (χ1) is 11.1. The molecule has 0 spiro atoms. The summed E-state index contributed by atoms with van der Waals surface area (Å²) in [7, 11) is 1.37. The molecule has 0 radical (unpaired) electrons. The van der Waals surface area contributed by atoms with Crippen LogP contribution in [0.25, 0.3) is 0 Å². The molecule has 1 aromatic rings. The van der Waals surface area contributed by atoms with Crippen LogP contribution in [0.15, 0.2) is 35.5 Å². The van der Waals surface area contributed by atoms with E-state index in [9.17, 15) is 4.79 Å². The Hall–Kier alpha value is -2.08. The molecule has 0 bridgehead atoms. The minimum Gasteiger partial charge on any atom is -0.493 e. The first-order valence-corrected chi connectivity index (χ1v) is 8.07. The van der Waals surface area contributed by atoms with Gasteiger partial charge in [-0.25, -0.2) is 4.79 Å². The van der Waals surface area contributed by atoms with Crippen LogP contribution >= 0.6 is 12.2 Å². The molecule has 1 aliphatic rings. The van der Waals surface area contributed by atoms with E-state index in [2.05, 4.69) is 17.6 Å². The molecule has 1 atom stereocenters. The zero-order valence-electron chi connectivity index (χ0n) is 13.6. The van der Waals surface area contributed by atoms with Gasteiger partial charge in [0.15, 0.2) is 5.11 Å². The molecule has 5 nitrogen and oxygen atoms in total. The molecule has 0 fully saturated rings. The van der Waals surface area contributed by atoms with Gasteiger partial charge in [-0.2, -0.15) is 0 Å². The third-order valence-electron chi connectivity index (χ3n) is 3.66. The van der Waals surface area contributed by atoms with Gasteiger partial charge in [-0.3, -0.25) is 0 Å². The predicted molar refractivity (Wildman–Crippen MR) is 93.2 cm³/mol. The van der Waals surface area contributed by atoms with Gasteiger partial charge in [-0.15, -0.1) is 0 Å². The Bertz CT molecular complexity index is 628. The Morgan fingerprint density at radius 3 is 2.78 bits per heavy atom. The summed E-state index contributed by atoms with van der Waals surface area (Å²) in [5.74, 6) is 0.357. The first-order valence-electron chi connectivity index (χ1n) is 7.66. The van der Waals surface area contributed by atoms with E-state index < -0.39 is 12.0 Å². The van der Waals surface area contributed by atoms with Crippen LogP contribution in [0.3, 0.4) is 0 Å². The molecular formula is C17H22N2O3S. The minimum absolute atomic E-state index is 0.390. The molecule has 6 heteroatoms. The van der Waals surface area contributed by atoms with E-state index in [4.69, 9.17) is 21.7 Å². The van der Waals surface area contributed by atoms with E-state index in [0.717, 1.165) is 24.2 Å². The lowest BCUT2D eigenvalue weighted by atomic mass is 9.95. The summed E-state index contributed by atoms with van der Waals surface area (Å²) in [6.45, 7) is 4.57. The SMILES string of the molecule is CCCCOc1ccccc1[C@H]1NC(=S)NC(C)=C1C(=O)OC. The molecule has 1 aliphatic heterocycles. The van der Waals surface area contributed by atoms with Crippen LogP contribution < -0.4 is 15.4 Å². The summed E-state index contributed by atoms with van der Waals surface area (Å²) >= 11 is 5.24. The van der Waals surface area contributed by atoms with Gasteiger partial charge in [0.1, 0.15) is 5.75 Å². The highest BCUT2D eigenvalue weighted by Gasteiger charge is 2.32. The van der Waals surface area contributed by atoms with E-state index >= 15 is 0 Å². The van der Waals surface area contributed by atoms with Gasteiger partial charge >= 0.3 is 5.97 Å². The van der Waals surface area contributed by atoms with Crippen LogP contribution in [0.2, 0.25) is 0 Å². The molecule has 0 aliphatic carbocycles. The van der Waals surface area contributed by atoms with Crippen molar-refractivity contribution in [2.75, 3.05) is 13.7 Å². The van der Waals surface area contributed by atoms with Crippen molar-refractivity contribution in [3.05, 3.63) is 41.1 Å². The van der Waals surface area contributed by atoms with Gasteiger partial charge < -0.3 is 20.1 Å². The second-order valence-corrected chi connectivity index (χ2v) is 5.71. The molecule has 0 unspecified atom stereocenters. The van der Waals surface area contributed by atoms with Gasteiger partial charge in [0.2, 0.25) is 0 Å². The average Bonchev–Trinajstić information content (AvgIpc) is 2.54. The third kappa shape index (κ3) is 4.01. The van der Waals surface area contributed by atoms with E-state index in [1.165, 1.54) is 7.11 Å². The van der Waals surface area contributed by atoms with Crippen LogP contribution in [0.1, 0.15) is 38.3 Å². The summed E-state index contributed by atoms with van der Waals surface area (Å²) in [4.78, 5) is 12.2. The minimum atomic E-state index is -0.394. The highest BCUT2D eigenvalue weighted by Crippen LogP contribution is 2.33. The number of thiocarbonyl (C=S) groups is 1. The van der Waals surface area contributed by atoms with E-state index in [-0.39, 0.29) is 0 Å². The Morgan fingerprint density at radius 2 is 2.09 bits per heavy atom. The molecule has 1 heterocycles. The van der Waals surface area contributed by atoms with Crippen molar-refractivity contribution in [2.45, 2.75) is 32.7 Å². The quantitative estimate of drug-likeness (QED) is 0.474. The number of benzene rings is 1. The van der Waals surface area contributed by atoms with Crippen LogP contribution in [0.4, 0.5) is 0 Å². The zero-order valence-corrected chi connectivity index (χ0v) is 14.5. The molecule has 2 rings (SSSR count).